The summed E-state index contributed by atoms with van der Waals surface area (Å²) in [6, 6.07) is 12.2. The van der Waals surface area contributed by atoms with Crippen molar-refractivity contribution in [3.05, 3.63) is 72.6 Å². The second kappa shape index (κ2) is 6.36. The van der Waals surface area contributed by atoms with Crippen LogP contribution in [0, 0.1) is 6.92 Å². The lowest BCUT2D eigenvalue weighted by atomic mass is 10.0. The highest BCUT2D eigenvalue weighted by molar-refractivity contribution is 5.97. The minimum atomic E-state index is 0.761. The van der Waals surface area contributed by atoms with Crippen LogP contribution in [0.15, 0.2) is 61.3 Å². The molecule has 0 aliphatic rings. The van der Waals surface area contributed by atoms with E-state index in [2.05, 4.69) is 27.1 Å². The summed E-state index contributed by atoms with van der Waals surface area (Å²) in [6.07, 6.45) is 7.44. The number of aryl methyl sites for hydroxylation is 1. The largest absolute Gasteiger partial charge is 0.494 e. The van der Waals surface area contributed by atoms with Gasteiger partial charge >= 0.3 is 0 Å². The van der Waals surface area contributed by atoms with Gasteiger partial charge in [0.05, 0.1) is 19.1 Å². The second-order valence-electron chi connectivity index (χ2n) is 5.95. The van der Waals surface area contributed by atoms with Crippen molar-refractivity contribution in [1.29, 1.82) is 0 Å². The Morgan fingerprint density at radius 3 is 2.72 bits per heavy atom. The molecule has 0 saturated heterocycles. The fraction of sp³-hybridized carbons (Fsp3) is 0.150. The molecule has 1 aromatic carbocycles. The number of fused-ring (bicyclic) bond motifs is 1. The van der Waals surface area contributed by atoms with Gasteiger partial charge in [-0.05, 0) is 36.8 Å². The molecule has 0 saturated carbocycles. The van der Waals surface area contributed by atoms with Gasteiger partial charge < -0.3 is 9.30 Å². The first-order valence-electron chi connectivity index (χ1n) is 8.10. The predicted octanol–water partition coefficient (Wildman–Crippen LogP) is 3.86. The van der Waals surface area contributed by atoms with E-state index in [1.807, 2.05) is 48.1 Å². The normalized spacial score (nSPS) is 11.0. The zero-order valence-corrected chi connectivity index (χ0v) is 14.2. The number of rotatable bonds is 4. The molecule has 0 radical (unpaired) electrons. The number of nitrogens with zero attached hydrogens (tertiary/aromatic N) is 4. The van der Waals surface area contributed by atoms with E-state index in [-0.39, 0.29) is 0 Å². The van der Waals surface area contributed by atoms with Crippen LogP contribution in [0.1, 0.15) is 11.3 Å². The molecule has 0 fully saturated rings. The zero-order valence-electron chi connectivity index (χ0n) is 14.2. The topological polar surface area (TPSA) is 52.8 Å². The molecule has 0 N–H and O–H groups in total. The molecule has 4 rings (SSSR count). The van der Waals surface area contributed by atoms with Crippen molar-refractivity contribution < 1.29 is 4.74 Å². The van der Waals surface area contributed by atoms with Crippen molar-refractivity contribution in [2.45, 2.75) is 13.5 Å². The van der Waals surface area contributed by atoms with Crippen LogP contribution in [0.2, 0.25) is 0 Å². The number of aromatic nitrogens is 4. The van der Waals surface area contributed by atoms with E-state index < -0.39 is 0 Å². The Kier molecular flexibility index (Phi) is 3.90. The molecule has 5 nitrogen and oxygen atoms in total. The SMILES string of the molecule is COc1ccc(-c2ccc(Cn3ccnc3)cn2)c2ccc(C)nc12. The van der Waals surface area contributed by atoms with Crippen LogP contribution in [0.25, 0.3) is 22.2 Å². The van der Waals surface area contributed by atoms with Crippen molar-refractivity contribution >= 4 is 10.9 Å². The number of methoxy groups -OCH3 is 1. The number of hydrogen-bond donors (Lipinski definition) is 0. The lowest BCUT2D eigenvalue weighted by Crippen LogP contribution is -1.98. The van der Waals surface area contributed by atoms with Gasteiger partial charge in [0.1, 0.15) is 11.3 Å². The summed E-state index contributed by atoms with van der Waals surface area (Å²) >= 11 is 0. The van der Waals surface area contributed by atoms with Crippen LogP contribution >= 0.6 is 0 Å². The van der Waals surface area contributed by atoms with Gasteiger partial charge in [-0.3, -0.25) is 4.98 Å². The molecular formula is C20H18N4O. The number of imidazole rings is 1. The molecule has 0 aliphatic carbocycles. The van der Waals surface area contributed by atoms with Gasteiger partial charge in [-0.25, -0.2) is 9.97 Å². The van der Waals surface area contributed by atoms with Crippen LogP contribution in [-0.4, -0.2) is 26.6 Å². The van der Waals surface area contributed by atoms with Crippen LogP contribution < -0.4 is 4.74 Å². The minimum absolute atomic E-state index is 0.761. The van der Waals surface area contributed by atoms with Crippen molar-refractivity contribution in [2.24, 2.45) is 0 Å². The van der Waals surface area contributed by atoms with E-state index in [0.29, 0.717) is 0 Å². The summed E-state index contributed by atoms with van der Waals surface area (Å²) in [5.41, 5.74) is 4.94. The molecule has 0 unspecified atom stereocenters. The molecule has 124 valence electrons. The first kappa shape index (κ1) is 15.3. The van der Waals surface area contributed by atoms with E-state index in [1.165, 1.54) is 0 Å². The summed E-state index contributed by atoms with van der Waals surface area (Å²) in [7, 11) is 1.67. The fourth-order valence-corrected chi connectivity index (χ4v) is 2.95. The molecular weight excluding hydrogens is 312 g/mol. The van der Waals surface area contributed by atoms with Gasteiger partial charge in [-0.1, -0.05) is 12.1 Å². The molecule has 0 bridgehead atoms. The summed E-state index contributed by atoms with van der Waals surface area (Å²) < 4.78 is 7.48. The molecule has 3 heterocycles. The molecule has 25 heavy (non-hydrogen) atoms. The van der Waals surface area contributed by atoms with Gasteiger partial charge in [0, 0.05) is 41.8 Å². The summed E-state index contributed by atoms with van der Waals surface area (Å²) in [6.45, 7) is 2.74. The number of pyridine rings is 2. The molecule has 0 spiro atoms. The van der Waals surface area contributed by atoms with Gasteiger partial charge in [-0.15, -0.1) is 0 Å². The van der Waals surface area contributed by atoms with Crippen LogP contribution in [0.4, 0.5) is 0 Å². The Bertz CT molecular complexity index is 1010. The fourth-order valence-electron chi connectivity index (χ4n) is 2.95. The standard InChI is InChI=1S/C20H18N4O/c1-14-3-5-17-16(6-8-19(25-2)20(17)23-14)18-7-4-15(11-22-18)12-24-10-9-21-13-24/h3-11,13H,12H2,1-2H3. The molecule has 4 aromatic rings. The quantitative estimate of drug-likeness (QED) is 0.570. The van der Waals surface area contributed by atoms with Gasteiger partial charge in [-0.2, -0.15) is 0 Å². The third-order valence-corrected chi connectivity index (χ3v) is 4.20. The lowest BCUT2D eigenvalue weighted by Gasteiger charge is -2.11. The average Bonchev–Trinajstić information content (AvgIpc) is 3.14. The monoisotopic (exact) mass is 330 g/mol. The van der Waals surface area contributed by atoms with E-state index in [9.17, 15) is 0 Å². The number of benzene rings is 1. The maximum absolute atomic E-state index is 5.46. The molecule has 0 aliphatic heterocycles. The van der Waals surface area contributed by atoms with Crippen LogP contribution in [-0.2, 0) is 6.54 Å². The number of hydrogen-bond acceptors (Lipinski definition) is 4. The summed E-state index contributed by atoms with van der Waals surface area (Å²) in [5, 5.41) is 1.04. The van der Waals surface area contributed by atoms with E-state index in [0.717, 1.165) is 45.7 Å². The highest BCUT2D eigenvalue weighted by atomic mass is 16.5. The summed E-state index contributed by atoms with van der Waals surface area (Å²) in [5.74, 6) is 0.777. The zero-order chi connectivity index (χ0) is 17.2. The first-order valence-corrected chi connectivity index (χ1v) is 8.10. The third-order valence-electron chi connectivity index (χ3n) is 4.20. The average molecular weight is 330 g/mol. The lowest BCUT2D eigenvalue weighted by molar-refractivity contribution is 0.419. The van der Waals surface area contributed by atoms with Gasteiger partial charge in [0.25, 0.3) is 0 Å². The Morgan fingerprint density at radius 2 is 2.00 bits per heavy atom. The number of ether oxygens (including phenoxy) is 1. The molecule has 0 amide bonds. The van der Waals surface area contributed by atoms with Crippen molar-refractivity contribution in [3.8, 4) is 17.0 Å². The highest BCUT2D eigenvalue weighted by Crippen LogP contribution is 2.32. The van der Waals surface area contributed by atoms with Crippen molar-refractivity contribution in [2.75, 3.05) is 7.11 Å². The molecule has 3 aromatic heterocycles. The molecule has 0 atom stereocenters. The Labute approximate surface area is 146 Å². The van der Waals surface area contributed by atoms with Crippen LogP contribution in [0.3, 0.4) is 0 Å². The van der Waals surface area contributed by atoms with E-state index in [1.54, 1.807) is 19.6 Å². The van der Waals surface area contributed by atoms with E-state index in [4.69, 9.17) is 4.74 Å². The van der Waals surface area contributed by atoms with Crippen molar-refractivity contribution in [1.82, 2.24) is 19.5 Å². The molecule has 5 heteroatoms. The smallest absolute Gasteiger partial charge is 0.145 e. The van der Waals surface area contributed by atoms with Gasteiger partial charge in [0.15, 0.2) is 0 Å². The minimum Gasteiger partial charge on any atom is -0.494 e. The maximum atomic E-state index is 5.46. The van der Waals surface area contributed by atoms with Crippen molar-refractivity contribution in [3.63, 3.8) is 0 Å². The Hall–Kier alpha value is -3.21. The van der Waals surface area contributed by atoms with E-state index >= 15 is 0 Å². The summed E-state index contributed by atoms with van der Waals surface area (Å²) in [4.78, 5) is 13.4. The Balaban J connectivity index is 1.74. The second-order valence-corrected chi connectivity index (χ2v) is 5.95. The maximum Gasteiger partial charge on any atom is 0.145 e. The Morgan fingerprint density at radius 1 is 1.08 bits per heavy atom. The van der Waals surface area contributed by atoms with Gasteiger partial charge in [0.2, 0.25) is 0 Å². The van der Waals surface area contributed by atoms with Crippen LogP contribution in [0.5, 0.6) is 5.75 Å². The highest BCUT2D eigenvalue weighted by Gasteiger charge is 2.11. The first-order chi connectivity index (χ1) is 12.2. The predicted molar refractivity (Wildman–Crippen MR) is 97.6 cm³/mol. The third kappa shape index (κ3) is 2.96.